The first-order valence-electron chi connectivity index (χ1n) is 10.5. The molecule has 1 saturated carbocycles. The lowest BCUT2D eigenvalue weighted by Crippen LogP contribution is -2.42. The number of hydrogen-bond donors (Lipinski definition) is 3. The zero-order chi connectivity index (χ0) is 22.1. The van der Waals surface area contributed by atoms with Crippen molar-refractivity contribution in [1.29, 1.82) is 0 Å². The molecule has 3 atom stereocenters. The van der Waals surface area contributed by atoms with E-state index in [2.05, 4.69) is 12.2 Å². The minimum Gasteiger partial charge on any atom is -0.510 e. The lowest BCUT2D eigenvalue weighted by molar-refractivity contribution is -0.140. The second-order valence-corrected chi connectivity index (χ2v) is 8.82. The zero-order valence-electron chi connectivity index (χ0n) is 17.8. The van der Waals surface area contributed by atoms with Gasteiger partial charge in [0.15, 0.2) is 6.61 Å². The molecule has 1 heterocycles. The predicted molar refractivity (Wildman–Crippen MR) is 110 cm³/mol. The van der Waals surface area contributed by atoms with E-state index < -0.39 is 11.9 Å². The van der Waals surface area contributed by atoms with E-state index in [4.69, 9.17) is 9.84 Å². The van der Waals surface area contributed by atoms with Crippen LogP contribution in [-0.2, 0) is 9.53 Å². The second-order valence-electron chi connectivity index (χ2n) is 8.82. The second kappa shape index (κ2) is 8.82. The first-order valence-corrected chi connectivity index (χ1v) is 10.5. The molecule has 0 aromatic heterocycles. The number of halogens is 2. The Morgan fingerprint density at radius 2 is 1.93 bits per heavy atom. The van der Waals surface area contributed by atoms with Crippen molar-refractivity contribution in [3.05, 3.63) is 46.6 Å². The highest BCUT2D eigenvalue weighted by atomic mass is 19.3. The van der Waals surface area contributed by atoms with Crippen molar-refractivity contribution in [3.8, 4) is 0 Å². The molecule has 1 aliphatic heterocycles. The van der Waals surface area contributed by atoms with Gasteiger partial charge in [-0.25, -0.2) is 13.6 Å². The Labute approximate surface area is 176 Å². The molecule has 0 aromatic rings. The molecule has 3 N–H and O–H groups in total. The zero-order valence-corrected chi connectivity index (χ0v) is 17.8. The average molecular weight is 424 g/mol. The summed E-state index contributed by atoms with van der Waals surface area (Å²) >= 11 is 0. The average Bonchev–Trinajstić information content (AvgIpc) is 2.68. The summed E-state index contributed by atoms with van der Waals surface area (Å²) in [6.07, 6.45) is 6.68. The molecular formula is C23H31F2NO4. The lowest BCUT2D eigenvalue weighted by Gasteiger charge is -2.37. The van der Waals surface area contributed by atoms with Gasteiger partial charge in [-0.05, 0) is 74.7 Å². The Morgan fingerprint density at radius 3 is 2.57 bits per heavy atom. The molecule has 7 heteroatoms. The summed E-state index contributed by atoms with van der Waals surface area (Å²) in [4.78, 5) is 10.8. The fourth-order valence-electron chi connectivity index (χ4n) is 4.71. The summed E-state index contributed by atoms with van der Waals surface area (Å²) < 4.78 is 32.5. The van der Waals surface area contributed by atoms with Gasteiger partial charge >= 0.3 is 5.97 Å². The highest BCUT2D eigenvalue weighted by Gasteiger charge is 2.39. The van der Waals surface area contributed by atoms with Crippen LogP contribution in [0.5, 0.6) is 0 Å². The van der Waals surface area contributed by atoms with E-state index in [0.29, 0.717) is 18.6 Å². The first kappa shape index (κ1) is 22.4. The Kier molecular flexibility index (Phi) is 6.58. The maximum absolute atomic E-state index is 13.5. The number of nitrogens with one attached hydrogen (secondary N) is 1. The minimum atomic E-state index is -2.59. The molecule has 3 unspecified atom stereocenters. The van der Waals surface area contributed by atoms with E-state index in [0.717, 1.165) is 23.3 Å². The van der Waals surface area contributed by atoms with Gasteiger partial charge in [0, 0.05) is 18.5 Å². The summed E-state index contributed by atoms with van der Waals surface area (Å²) in [6.45, 7) is 5.69. The molecule has 0 bridgehead atoms. The summed E-state index contributed by atoms with van der Waals surface area (Å²) in [5, 5.41) is 22.6. The molecule has 2 aliphatic carbocycles. The molecule has 3 aliphatic rings. The van der Waals surface area contributed by atoms with Crippen molar-refractivity contribution in [2.24, 2.45) is 17.8 Å². The van der Waals surface area contributed by atoms with E-state index in [1.807, 2.05) is 26.0 Å². The quantitative estimate of drug-likeness (QED) is 0.555. The van der Waals surface area contributed by atoms with Gasteiger partial charge in [-0.2, -0.15) is 0 Å². The third-order valence-electron chi connectivity index (χ3n) is 6.76. The summed E-state index contributed by atoms with van der Waals surface area (Å²) in [7, 11) is 0. The van der Waals surface area contributed by atoms with Crippen molar-refractivity contribution in [1.82, 2.24) is 5.32 Å². The maximum Gasteiger partial charge on any atom is 0.341 e. The molecule has 0 amide bonds. The Bertz CT molecular complexity index is 802. The number of alkyl halides is 2. The van der Waals surface area contributed by atoms with Gasteiger partial charge < -0.3 is 20.3 Å². The van der Waals surface area contributed by atoms with E-state index in [-0.39, 0.29) is 49.0 Å². The van der Waals surface area contributed by atoms with Crippen LogP contribution in [0.2, 0.25) is 0 Å². The van der Waals surface area contributed by atoms with E-state index in [1.54, 1.807) is 6.08 Å². The molecule has 5 nitrogen and oxygen atoms in total. The first-order chi connectivity index (χ1) is 14.1. The van der Waals surface area contributed by atoms with Crippen molar-refractivity contribution in [2.45, 2.75) is 64.8 Å². The van der Waals surface area contributed by atoms with Crippen LogP contribution in [0.4, 0.5) is 8.78 Å². The van der Waals surface area contributed by atoms with Crippen LogP contribution >= 0.6 is 0 Å². The summed E-state index contributed by atoms with van der Waals surface area (Å²) in [5.74, 6) is -2.43. The van der Waals surface area contributed by atoms with Crippen molar-refractivity contribution in [2.75, 3.05) is 6.61 Å². The number of allylic oxidation sites excluding steroid dienone is 6. The molecule has 30 heavy (non-hydrogen) atoms. The van der Waals surface area contributed by atoms with Crippen LogP contribution in [0.15, 0.2) is 46.6 Å². The Balaban J connectivity index is 1.66. The van der Waals surface area contributed by atoms with Crippen molar-refractivity contribution >= 4 is 5.97 Å². The number of aliphatic carboxylic acids is 1. The molecule has 166 valence electrons. The number of carbonyl (C=O) groups is 1. The topological polar surface area (TPSA) is 78.8 Å². The normalized spacial score (nSPS) is 29.5. The highest BCUT2D eigenvalue weighted by Crippen LogP contribution is 2.41. The van der Waals surface area contributed by atoms with E-state index >= 15 is 0 Å². The maximum atomic E-state index is 13.5. The van der Waals surface area contributed by atoms with Crippen LogP contribution in [-0.4, -0.2) is 34.8 Å². The summed E-state index contributed by atoms with van der Waals surface area (Å²) in [6, 6.07) is -0.324. The fourth-order valence-corrected chi connectivity index (χ4v) is 4.71. The standard InChI is InChI=1S/C23H31F2NO4/c1-13-10-20(30-12-21(28)29)15(3)14(2)18(13)11-17-4-5-19(27)22(26-17)16-6-8-23(24,25)9-7-16/h4-5,10,14,16,18,22,26-27H,6-9,11-12H2,1-3H3,(H,28,29). The van der Waals surface area contributed by atoms with Gasteiger partial charge in [0.2, 0.25) is 5.92 Å². The van der Waals surface area contributed by atoms with Gasteiger partial charge in [0.25, 0.3) is 0 Å². The third-order valence-corrected chi connectivity index (χ3v) is 6.76. The molecule has 1 fully saturated rings. The molecule has 0 aromatic carbocycles. The number of hydrogen-bond acceptors (Lipinski definition) is 4. The summed E-state index contributed by atoms with van der Waals surface area (Å²) in [5.41, 5.74) is 3.08. The van der Waals surface area contributed by atoms with Gasteiger partial charge in [0.05, 0.1) is 6.04 Å². The predicted octanol–water partition coefficient (Wildman–Crippen LogP) is 5.09. The minimum absolute atomic E-state index is 0.0114. The van der Waals surface area contributed by atoms with Crippen LogP contribution < -0.4 is 5.32 Å². The molecule has 0 spiro atoms. The van der Waals surface area contributed by atoms with E-state index in [9.17, 15) is 18.7 Å². The number of aliphatic hydroxyl groups is 1. The van der Waals surface area contributed by atoms with Gasteiger partial charge in [-0.3, -0.25) is 0 Å². The van der Waals surface area contributed by atoms with Crippen molar-refractivity contribution < 1.29 is 28.5 Å². The van der Waals surface area contributed by atoms with Gasteiger partial charge in [0.1, 0.15) is 11.5 Å². The number of ether oxygens (including phenoxy) is 1. The molecule has 0 radical (unpaired) electrons. The van der Waals surface area contributed by atoms with Crippen molar-refractivity contribution in [3.63, 3.8) is 0 Å². The Hall–Kier alpha value is -2.31. The van der Waals surface area contributed by atoms with Gasteiger partial charge in [-0.1, -0.05) is 12.5 Å². The number of carboxylic acid groups (broad SMARTS) is 1. The molecule has 0 saturated heterocycles. The Morgan fingerprint density at radius 1 is 1.27 bits per heavy atom. The van der Waals surface area contributed by atoms with E-state index in [1.165, 1.54) is 0 Å². The lowest BCUT2D eigenvalue weighted by atomic mass is 9.75. The number of aliphatic hydroxyl groups excluding tert-OH is 1. The smallest absolute Gasteiger partial charge is 0.341 e. The van der Waals surface area contributed by atoms with Crippen LogP contribution in [0.25, 0.3) is 0 Å². The van der Waals surface area contributed by atoms with Crippen LogP contribution in [0, 0.1) is 17.8 Å². The third kappa shape index (κ3) is 5.05. The van der Waals surface area contributed by atoms with Gasteiger partial charge in [-0.15, -0.1) is 0 Å². The van der Waals surface area contributed by atoms with Crippen LogP contribution in [0.1, 0.15) is 52.9 Å². The largest absolute Gasteiger partial charge is 0.510 e. The molecule has 3 rings (SSSR count). The number of dihydropyridines is 1. The SMILES string of the molecule is CC1=CC(OCC(=O)O)=C(C)C(C)C1CC1=CC=C(O)C(C2CCC(F)(F)CC2)N1. The highest BCUT2D eigenvalue weighted by molar-refractivity contribution is 5.68. The fraction of sp³-hybridized carbons (Fsp3) is 0.609. The molecular weight excluding hydrogens is 392 g/mol. The monoisotopic (exact) mass is 423 g/mol. The number of rotatable bonds is 6. The van der Waals surface area contributed by atoms with Crippen LogP contribution in [0.3, 0.4) is 0 Å². The number of carboxylic acids is 1.